The van der Waals surface area contributed by atoms with Gasteiger partial charge in [-0.3, -0.25) is 4.79 Å². The first-order chi connectivity index (χ1) is 20.4. The van der Waals surface area contributed by atoms with Gasteiger partial charge in [-0.15, -0.1) is 0 Å². The van der Waals surface area contributed by atoms with Crippen molar-refractivity contribution in [2.24, 2.45) is 22.7 Å². The molecule has 2 heterocycles. The normalized spacial score (nSPS) is 36.8. The second kappa shape index (κ2) is 10.7. The first kappa shape index (κ1) is 29.7. The van der Waals surface area contributed by atoms with Gasteiger partial charge in [0.2, 0.25) is 0 Å². The Morgan fingerprint density at radius 2 is 1.56 bits per heavy atom. The number of rotatable bonds is 5. The number of cyclic esters (lactones) is 1. The van der Waals surface area contributed by atoms with Crippen LogP contribution in [0.15, 0.2) is 48.5 Å². The van der Waals surface area contributed by atoms with E-state index in [1.807, 2.05) is 6.92 Å². The van der Waals surface area contributed by atoms with Gasteiger partial charge < -0.3 is 18.9 Å². The van der Waals surface area contributed by atoms with Crippen molar-refractivity contribution in [1.29, 1.82) is 0 Å². The van der Waals surface area contributed by atoms with Crippen LogP contribution in [-0.2, 0) is 23.7 Å². The van der Waals surface area contributed by atoms with Gasteiger partial charge in [-0.2, -0.15) is 0 Å². The molecule has 4 fully saturated rings. The molecule has 2 aliphatic heterocycles. The molecule has 4 aliphatic rings. The molecule has 9 heteroatoms. The molecule has 7 unspecified atom stereocenters. The van der Waals surface area contributed by atoms with E-state index in [0.717, 1.165) is 19.3 Å². The largest absolute Gasteiger partial charge is 0.463 e. The average molecular weight is 597 g/mol. The highest BCUT2D eigenvalue weighted by Gasteiger charge is 2.70. The van der Waals surface area contributed by atoms with Gasteiger partial charge in [0, 0.05) is 10.8 Å². The number of carbonyl (C=O) groups is 3. The lowest BCUT2D eigenvalue weighted by molar-refractivity contribution is -0.265. The summed E-state index contributed by atoms with van der Waals surface area (Å²) >= 11 is 0. The van der Waals surface area contributed by atoms with E-state index in [0.29, 0.717) is 19.3 Å². The van der Waals surface area contributed by atoms with Gasteiger partial charge in [-0.1, -0.05) is 45.0 Å². The van der Waals surface area contributed by atoms with E-state index in [2.05, 4.69) is 13.8 Å². The summed E-state index contributed by atoms with van der Waals surface area (Å²) in [6.07, 6.45) is 3.63. The van der Waals surface area contributed by atoms with Crippen LogP contribution in [0.1, 0.15) is 86.4 Å². The van der Waals surface area contributed by atoms with E-state index in [1.165, 1.54) is 36.4 Å². The van der Waals surface area contributed by atoms with Gasteiger partial charge in [0.1, 0.15) is 36.6 Å². The first-order valence-electron chi connectivity index (χ1n) is 15.2. The molecule has 0 aromatic heterocycles. The van der Waals surface area contributed by atoms with Crippen LogP contribution < -0.4 is 0 Å². The Morgan fingerprint density at radius 3 is 2.19 bits per heavy atom. The monoisotopic (exact) mass is 596 g/mol. The van der Waals surface area contributed by atoms with Crippen LogP contribution in [0.5, 0.6) is 0 Å². The third-order valence-electron chi connectivity index (χ3n) is 11.1. The Balaban J connectivity index is 1.35. The zero-order valence-corrected chi connectivity index (χ0v) is 24.8. The van der Waals surface area contributed by atoms with Gasteiger partial charge in [0.05, 0.1) is 23.1 Å². The molecule has 2 aromatic carbocycles. The highest BCUT2D eigenvalue weighted by atomic mass is 19.1. The highest BCUT2D eigenvalue weighted by molar-refractivity contribution is 5.90. The standard InChI is InChI=1S/C34H38F2O7/c1-21-12-13-26-31(2,19-41-29(38)22-8-4-6-10-24(22)35)27(42-30(39)23-9-5-7-11-25(23)36)14-15-32(26,3)34(21)17-16-33(43-34)18-28(37)40-20-33/h4-11,21,26-27H,12-20H2,1-3H3. The zero-order valence-electron chi connectivity index (χ0n) is 24.8. The van der Waals surface area contributed by atoms with E-state index in [1.54, 1.807) is 12.1 Å². The maximum atomic E-state index is 14.6. The predicted molar refractivity (Wildman–Crippen MR) is 151 cm³/mol. The van der Waals surface area contributed by atoms with E-state index in [9.17, 15) is 23.2 Å². The summed E-state index contributed by atoms with van der Waals surface area (Å²) in [6, 6.07) is 11.3. The average Bonchev–Trinajstić information content (AvgIpc) is 3.55. The number of halogens is 2. The summed E-state index contributed by atoms with van der Waals surface area (Å²) in [5, 5.41) is 0. The topological polar surface area (TPSA) is 88.1 Å². The molecule has 7 nitrogen and oxygen atoms in total. The molecule has 43 heavy (non-hydrogen) atoms. The molecule has 2 aliphatic carbocycles. The van der Waals surface area contributed by atoms with Crippen LogP contribution in [0.3, 0.4) is 0 Å². The zero-order chi connectivity index (χ0) is 30.6. The summed E-state index contributed by atoms with van der Waals surface area (Å²) in [5.74, 6) is -3.15. The number of hydrogen-bond acceptors (Lipinski definition) is 7. The van der Waals surface area contributed by atoms with Crippen LogP contribution in [0.25, 0.3) is 0 Å². The van der Waals surface area contributed by atoms with Crippen LogP contribution in [0, 0.1) is 34.3 Å². The van der Waals surface area contributed by atoms with Crippen LogP contribution >= 0.6 is 0 Å². The van der Waals surface area contributed by atoms with Crippen molar-refractivity contribution in [2.45, 2.75) is 83.0 Å². The van der Waals surface area contributed by atoms with E-state index in [-0.39, 0.29) is 48.6 Å². The number of carbonyl (C=O) groups excluding carboxylic acids is 3. The van der Waals surface area contributed by atoms with E-state index < -0.39 is 51.7 Å². The quantitative estimate of drug-likeness (QED) is 0.290. The van der Waals surface area contributed by atoms with Gasteiger partial charge in [-0.05, 0) is 74.6 Å². The van der Waals surface area contributed by atoms with Crippen molar-refractivity contribution in [3.8, 4) is 0 Å². The lowest BCUT2D eigenvalue weighted by Gasteiger charge is -2.65. The van der Waals surface area contributed by atoms with Crippen molar-refractivity contribution in [2.75, 3.05) is 13.2 Å². The van der Waals surface area contributed by atoms with Crippen molar-refractivity contribution < 1.29 is 42.1 Å². The summed E-state index contributed by atoms with van der Waals surface area (Å²) in [5.41, 5.74) is -2.89. The fraction of sp³-hybridized carbons (Fsp3) is 0.559. The molecule has 2 spiro atoms. The Bertz CT molecular complexity index is 1450. The number of fused-ring (bicyclic) bond motifs is 2. The molecule has 2 aromatic rings. The van der Waals surface area contributed by atoms with Crippen LogP contribution in [0.4, 0.5) is 8.78 Å². The molecule has 2 saturated carbocycles. The van der Waals surface area contributed by atoms with Crippen molar-refractivity contribution in [3.05, 3.63) is 71.3 Å². The Labute approximate surface area is 250 Å². The smallest absolute Gasteiger partial charge is 0.341 e. The number of ether oxygens (including phenoxy) is 4. The van der Waals surface area contributed by atoms with Crippen molar-refractivity contribution >= 4 is 17.9 Å². The summed E-state index contributed by atoms with van der Waals surface area (Å²) < 4.78 is 53.3. The van der Waals surface area contributed by atoms with Crippen LogP contribution in [0.2, 0.25) is 0 Å². The maximum Gasteiger partial charge on any atom is 0.341 e. The lowest BCUT2D eigenvalue weighted by Crippen LogP contribution is -2.67. The van der Waals surface area contributed by atoms with Crippen molar-refractivity contribution in [1.82, 2.24) is 0 Å². The third kappa shape index (κ3) is 4.75. The lowest BCUT2D eigenvalue weighted by atomic mass is 9.43. The van der Waals surface area contributed by atoms with Gasteiger partial charge >= 0.3 is 17.9 Å². The maximum absolute atomic E-state index is 14.6. The molecular weight excluding hydrogens is 558 g/mol. The summed E-state index contributed by atoms with van der Waals surface area (Å²) in [4.78, 5) is 38.5. The molecule has 0 radical (unpaired) electrons. The Hall–Kier alpha value is -3.33. The molecule has 7 atom stereocenters. The minimum atomic E-state index is -0.900. The minimum absolute atomic E-state index is 0.132. The predicted octanol–water partition coefficient (Wildman–Crippen LogP) is 6.43. The molecule has 6 rings (SSSR count). The molecule has 0 amide bonds. The molecular formula is C34H38F2O7. The van der Waals surface area contributed by atoms with Gasteiger partial charge in [-0.25, -0.2) is 18.4 Å². The second-order valence-electron chi connectivity index (χ2n) is 13.4. The second-order valence-corrected chi connectivity index (χ2v) is 13.4. The fourth-order valence-electron chi connectivity index (χ4n) is 8.84. The fourth-order valence-corrected chi connectivity index (χ4v) is 8.84. The number of esters is 3. The SMILES string of the molecule is CC1CCC2C(C)(COC(=O)c3ccccc3F)C(OC(=O)c3ccccc3F)CCC2(C)C12CCC1(COC(=O)C1)O2. The minimum Gasteiger partial charge on any atom is -0.463 e. The first-order valence-corrected chi connectivity index (χ1v) is 15.2. The van der Waals surface area contributed by atoms with Gasteiger partial charge in [0.15, 0.2) is 0 Å². The van der Waals surface area contributed by atoms with E-state index in [4.69, 9.17) is 18.9 Å². The summed E-state index contributed by atoms with van der Waals surface area (Å²) in [7, 11) is 0. The molecule has 2 saturated heterocycles. The highest BCUT2D eigenvalue weighted by Crippen LogP contribution is 2.68. The van der Waals surface area contributed by atoms with E-state index >= 15 is 0 Å². The number of hydrogen-bond donors (Lipinski definition) is 0. The summed E-state index contributed by atoms with van der Waals surface area (Å²) in [6.45, 7) is 6.45. The Morgan fingerprint density at radius 1 is 0.907 bits per heavy atom. The van der Waals surface area contributed by atoms with Gasteiger partial charge in [0.25, 0.3) is 0 Å². The Kier molecular flexibility index (Phi) is 7.39. The van der Waals surface area contributed by atoms with Crippen LogP contribution in [-0.4, -0.2) is 48.4 Å². The van der Waals surface area contributed by atoms with Crippen molar-refractivity contribution in [3.63, 3.8) is 0 Å². The number of benzene rings is 2. The third-order valence-corrected chi connectivity index (χ3v) is 11.1. The molecule has 0 N–H and O–H groups in total. The molecule has 0 bridgehead atoms. The molecule has 230 valence electrons.